The molecule has 2 N–H and O–H groups in total. The summed E-state index contributed by atoms with van der Waals surface area (Å²) < 4.78 is 0. The van der Waals surface area contributed by atoms with Crippen LogP contribution in [0.5, 0.6) is 0 Å². The lowest BCUT2D eigenvalue weighted by atomic mass is 9.44. The fourth-order valence-corrected chi connectivity index (χ4v) is 9.02. The Morgan fingerprint density at radius 3 is 2.46 bits per heavy atom. The number of hydrogen-bond donors (Lipinski definition) is 2. The summed E-state index contributed by atoms with van der Waals surface area (Å²) in [7, 11) is 0. The highest BCUT2D eigenvalue weighted by atomic mass is 35.5. The highest BCUT2D eigenvalue weighted by molar-refractivity contribution is 6.20. The van der Waals surface area contributed by atoms with E-state index < -0.39 is 5.97 Å². The van der Waals surface area contributed by atoms with Crippen LogP contribution in [0.2, 0.25) is 0 Å². The standard InChI is InChI=1S/C24H39ClO3/c1-14(4-7-21(27)28)17-5-6-18-22-19(9-11-24(17,18)3)23(2)10-8-16(25)12-15(23)13-20(22)26/h14-20,22,26H,4-13H2,1-3H3,(H,27,28)/t14-,15+,16+,17-,18+,19+,20-,22+,23+,24-/m1/s1. The number of hydrogen-bond acceptors (Lipinski definition) is 2. The Morgan fingerprint density at radius 1 is 1.07 bits per heavy atom. The van der Waals surface area contributed by atoms with Crippen LogP contribution in [0.15, 0.2) is 0 Å². The van der Waals surface area contributed by atoms with Gasteiger partial charge in [0, 0.05) is 11.8 Å². The van der Waals surface area contributed by atoms with Gasteiger partial charge in [0.05, 0.1) is 6.10 Å². The summed E-state index contributed by atoms with van der Waals surface area (Å²) in [5.41, 5.74) is 0.622. The van der Waals surface area contributed by atoms with E-state index in [-0.39, 0.29) is 17.9 Å². The summed E-state index contributed by atoms with van der Waals surface area (Å²) >= 11 is 6.52. The summed E-state index contributed by atoms with van der Waals surface area (Å²) in [4.78, 5) is 11.1. The lowest BCUT2D eigenvalue weighted by molar-refractivity contribution is -0.164. The van der Waals surface area contributed by atoms with E-state index in [0.717, 1.165) is 25.7 Å². The molecule has 4 rings (SSSR count). The van der Waals surface area contributed by atoms with Gasteiger partial charge in [-0.1, -0.05) is 20.8 Å². The normalized spacial score (nSPS) is 51.7. The van der Waals surface area contributed by atoms with Gasteiger partial charge in [-0.15, -0.1) is 11.6 Å². The number of carboxylic acids is 1. The minimum atomic E-state index is -0.674. The fourth-order valence-electron chi connectivity index (χ4n) is 8.70. The predicted molar refractivity (Wildman–Crippen MR) is 112 cm³/mol. The molecule has 4 fully saturated rings. The van der Waals surface area contributed by atoms with Crippen LogP contribution in [0.1, 0.15) is 85.0 Å². The first-order valence-corrected chi connectivity index (χ1v) is 12.1. The number of aliphatic hydroxyl groups excluding tert-OH is 1. The van der Waals surface area contributed by atoms with E-state index in [2.05, 4.69) is 20.8 Å². The number of carboxylic acid groups (broad SMARTS) is 1. The van der Waals surface area contributed by atoms with Crippen molar-refractivity contribution in [2.75, 3.05) is 0 Å². The van der Waals surface area contributed by atoms with Crippen molar-refractivity contribution in [3.05, 3.63) is 0 Å². The van der Waals surface area contributed by atoms with Crippen molar-refractivity contribution in [1.29, 1.82) is 0 Å². The van der Waals surface area contributed by atoms with Crippen molar-refractivity contribution in [2.24, 2.45) is 46.3 Å². The second-order valence-corrected chi connectivity index (χ2v) is 11.9. The van der Waals surface area contributed by atoms with Crippen molar-refractivity contribution in [1.82, 2.24) is 0 Å². The van der Waals surface area contributed by atoms with Crippen molar-refractivity contribution in [3.8, 4) is 0 Å². The first-order chi connectivity index (χ1) is 13.2. The third-order valence-electron chi connectivity index (χ3n) is 10.2. The van der Waals surface area contributed by atoms with Gasteiger partial charge < -0.3 is 10.2 Å². The Bertz CT molecular complexity index is 609. The number of rotatable bonds is 4. The quantitative estimate of drug-likeness (QED) is 0.582. The zero-order valence-corrected chi connectivity index (χ0v) is 18.6. The van der Waals surface area contributed by atoms with E-state index in [9.17, 15) is 9.90 Å². The maximum Gasteiger partial charge on any atom is 0.303 e. The van der Waals surface area contributed by atoms with Crippen LogP contribution in [0, 0.1) is 46.3 Å². The fraction of sp³-hybridized carbons (Fsp3) is 0.958. The molecule has 28 heavy (non-hydrogen) atoms. The number of alkyl halides is 1. The highest BCUT2D eigenvalue weighted by Gasteiger charge is 2.62. The zero-order valence-electron chi connectivity index (χ0n) is 17.9. The molecule has 10 atom stereocenters. The van der Waals surface area contributed by atoms with E-state index in [1.54, 1.807) is 0 Å². The molecular weight excluding hydrogens is 372 g/mol. The summed E-state index contributed by atoms with van der Waals surface area (Å²) in [6.07, 6.45) is 10.2. The Hall–Kier alpha value is -0.280. The van der Waals surface area contributed by atoms with Gasteiger partial charge in [-0.25, -0.2) is 0 Å². The van der Waals surface area contributed by atoms with E-state index in [4.69, 9.17) is 16.7 Å². The lowest BCUT2D eigenvalue weighted by Crippen LogP contribution is -2.58. The van der Waals surface area contributed by atoms with Crippen molar-refractivity contribution < 1.29 is 15.0 Å². The average molecular weight is 411 g/mol. The molecule has 0 saturated heterocycles. The second kappa shape index (κ2) is 7.45. The second-order valence-electron chi connectivity index (χ2n) is 11.3. The zero-order chi connectivity index (χ0) is 20.3. The van der Waals surface area contributed by atoms with Crippen LogP contribution in [-0.4, -0.2) is 27.7 Å². The molecule has 0 heterocycles. The molecule has 0 amide bonds. The van der Waals surface area contributed by atoms with Gasteiger partial charge in [0.2, 0.25) is 0 Å². The highest BCUT2D eigenvalue weighted by Crippen LogP contribution is 2.68. The Kier molecular flexibility index (Phi) is 5.58. The molecule has 4 saturated carbocycles. The van der Waals surface area contributed by atoms with E-state index in [1.165, 1.54) is 32.1 Å². The molecule has 4 aliphatic rings. The Labute approximate surface area is 175 Å². The molecule has 0 radical (unpaired) electrons. The van der Waals surface area contributed by atoms with Gasteiger partial charge in [0.15, 0.2) is 0 Å². The van der Waals surface area contributed by atoms with Gasteiger partial charge in [-0.3, -0.25) is 4.79 Å². The molecule has 0 aromatic carbocycles. The van der Waals surface area contributed by atoms with Crippen LogP contribution in [0.25, 0.3) is 0 Å². The Balaban J connectivity index is 1.55. The maximum absolute atomic E-state index is 11.3. The lowest BCUT2D eigenvalue weighted by Gasteiger charge is -2.62. The van der Waals surface area contributed by atoms with E-state index in [0.29, 0.717) is 46.3 Å². The minimum Gasteiger partial charge on any atom is -0.481 e. The van der Waals surface area contributed by atoms with Crippen molar-refractivity contribution >= 4 is 17.6 Å². The number of aliphatic hydroxyl groups is 1. The molecule has 0 aromatic heterocycles. The number of halogens is 1. The molecule has 0 aliphatic heterocycles. The predicted octanol–water partition coefficient (Wildman–Crippen LogP) is 5.72. The average Bonchev–Trinajstić information content (AvgIpc) is 2.98. The molecule has 4 heteroatoms. The molecule has 3 nitrogen and oxygen atoms in total. The molecular formula is C24H39ClO3. The summed E-state index contributed by atoms with van der Waals surface area (Å²) in [6.45, 7) is 7.25. The van der Waals surface area contributed by atoms with Crippen LogP contribution < -0.4 is 0 Å². The number of aliphatic carboxylic acids is 1. The van der Waals surface area contributed by atoms with E-state index >= 15 is 0 Å². The minimum absolute atomic E-state index is 0.178. The molecule has 0 aromatic rings. The maximum atomic E-state index is 11.3. The van der Waals surface area contributed by atoms with E-state index in [1.807, 2.05) is 0 Å². The first kappa shape index (κ1) is 21.0. The summed E-state index contributed by atoms with van der Waals surface area (Å²) in [5, 5.41) is 20.7. The first-order valence-electron chi connectivity index (χ1n) is 11.7. The van der Waals surface area contributed by atoms with Gasteiger partial charge in [0.25, 0.3) is 0 Å². The molecule has 160 valence electrons. The van der Waals surface area contributed by atoms with Crippen LogP contribution in [0.3, 0.4) is 0 Å². The van der Waals surface area contributed by atoms with Crippen LogP contribution in [-0.2, 0) is 4.79 Å². The number of fused-ring (bicyclic) bond motifs is 5. The third kappa shape index (κ3) is 3.23. The van der Waals surface area contributed by atoms with Crippen LogP contribution in [0.4, 0.5) is 0 Å². The third-order valence-corrected chi connectivity index (χ3v) is 10.6. The molecule has 4 aliphatic carbocycles. The summed E-state index contributed by atoms with van der Waals surface area (Å²) in [5.74, 6) is 2.64. The SMILES string of the molecule is C[C@H](CCC(=O)O)[C@H]1CC[C@H]2[C@@H]3[C@H](O)C[C@@H]4C[C@@H](Cl)CC[C@]4(C)[C@H]3CC[C@]12C. The van der Waals surface area contributed by atoms with Crippen molar-refractivity contribution in [3.63, 3.8) is 0 Å². The van der Waals surface area contributed by atoms with Crippen LogP contribution >= 0.6 is 11.6 Å². The van der Waals surface area contributed by atoms with Crippen molar-refractivity contribution in [2.45, 2.75) is 96.5 Å². The van der Waals surface area contributed by atoms with Gasteiger partial charge in [-0.05, 0) is 104 Å². The Morgan fingerprint density at radius 2 is 1.75 bits per heavy atom. The van der Waals surface area contributed by atoms with Gasteiger partial charge >= 0.3 is 5.97 Å². The molecule has 0 bridgehead atoms. The molecule has 0 unspecified atom stereocenters. The smallest absolute Gasteiger partial charge is 0.303 e. The van der Waals surface area contributed by atoms with Gasteiger partial charge in [0.1, 0.15) is 0 Å². The largest absolute Gasteiger partial charge is 0.481 e. The number of carbonyl (C=O) groups is 1. The molecule has 0 spiro atoms. The van der Waals surface area contributed by atoms with Gasteiger partial charge in [-0.2, -0.15) is 0 Å². The summed E-state index contributed by atoms with van der Waals surface area (Å²) in [6, 6.07) is 0. The topological polar surface area (TPSA) is 57.5 Å². The monoisotopic (exact) mass is 410 g/mol.